The van der Waals surface area contributed by atoms with Crippen molar-refractivity contribution in [2.45, 2.75) is 31.3 Å². The lowest BCUT2D eigenvalue weighted by atomic mass is 9.72. The number of aliphatic imine (C=N–C) groups is 1. The molecule has 0 aromatic heterocycles. The third-order valence-corrected chi connectivity index (χ3v) is 6.63. The van der Waals surface area contributed by atoms with E-state index >= 15 is 0 Å². The van der Waals surface area contributed by atoms with Gasteiger partial charge in [-0.25, -0.2) is 4.39 Å². The van der Waals surface area contributed by atoms with Crippen LogP contribution in [0, 0.1) is 11.7 Å². The number of rotatable bonds is 5. The fourth-order valence-electron chi connectivity index (χ4n) is 5.16. The summed E-state index contributed by atoms with van der Waals surface area (Å²) in [6.07, 6.45) is 2.38. The average molecular weight is 399 g/mol. The average Bonchev–Trinajstić information content (AvgIpc) is 2.82. The number of hydrogen-bond donors (Lipinski definition) is 0. The standard InChI is InChI=1S/C27H27FN2/c28-24-13-11-20(12-14-24)19-29-26-23-15-17-30(18-16-23)27(26)25(21-7-3-1-4-8-21)22-9-5-2-6-10-22/h1-14,23,25,27H,15-19H2/b29-26+. The zero-order valence-corrected chi connectivity index (χ0v) is 17.1. The topological polar surface area (TPSA) is 15.6 Å². The number of hydrogen-bond acceptors (Lipinski definition) is 2. The van der Waals surface area contributed by atoms with E-state index in [1.807, 2.05) is 12.1 Å². The van der Waals surface area contributed by atoms with E-state index in [0.717, 1.165) is 18.7 Å². The summed E-state index contributed by atoms with van der Waals surface area (Å²) in [6, 6.07) is 28.7. The molecule has 0 radical (unpaired) electrons. The van der Waals surface area contributed by atoms with Crippen molar-refractivity contribution in [3.05, 3.63) is 107 Å². The Balaban J connectivity index is 1.55. The first-order chi connectivity index (χ1) is 14.8. The highest BCUT2D eigenvalue weighted by atomic mass is 19.1. The summed E-state index contributed by atoms with van der Waals surface area (Å²) in [5.41, 5.74) is 5.08. The zero-order valence-electron chi connectivity index (χ0n) is 17.1. The number of benzene rings is 3. The van der Waals surface area contributed by atoms with Crippen LogP contribution in [-0.4, -0.2) is 29.7 Å². The summed E-state index contributed by atoms with van der Waals surface area (Å²) in [5, 5.41) is 0. The van der Waals surface area contributed by atoms with Crippen molar-refractivity contribution in [3.63, 3.8) is 0 Å². The van der Waals surface area contributed by atoms with E-state index in [1.54, 1.807) is 0 Å². The molecule has 0 amide bonds. The lowest BCUT2D eigenvalue weighted by molar-refractivity contribution is 0.135. The van der Waals surface area contributed by atoms with E-state index in [9.17, 15) is 4.39 Å². The molecule has 3 heterocycles. The van der Waals surface area contributed by atoms with E-state index in [-0.39, 0.29) is 17.8 Å². The van der Waals surface area contributed by atoms with Crippen LogP contribution in [0.5, 0.6) is 0 Å². The molecular weight excluding hydrogens is 371 g/mol. The van der Waals surface area contributed by atoms with Crippen LogP contribution < -0.4 is 0 Å². The fourth-order valence-corrected chi connectivity index (χ4v) is 5.16. The Labute approximate surface area is 178 Å². The fraction of sp³-hybridized carbons (Fsp3) is 0.296. The zero-order chi connectivity index (χ0) is 20.3. The van der Waals surface area contributed by atoms with Crippen molar-refractivity contribution in [2.75, 3.05) is 13.1 Å². The molecule has 6 rings (SSSR count). The summed E-state index contributed by atoms with van der Waals surface area (Å²) in [5.74, 6) is 0.623. The summed E-state index contributed by atoms with van der Waals surface area (Å²) < 4.78 is 13.3. The second-order valence-corrected chi connectivity index (χ2v) is 8.42. The maximum atomic E-state index is 13.3. The van der Waals surface area contributed by atoms with Gasteiger partial charge in [-0.1, -0.05) is 72.8 Å². The van der Waals surface area contributed by atoms with Crippen LogP contribution in [-0.2, 0) is 6.54 Å². The highest BCUT2D eigenvalue weighted by Gasteiger charge is 2.43. The number of halogens is 1. The molecule has 30 heavy (non-hydrogen) atoms. The predicted molar refractivity (Wildman–Crippen MR) is 120 cm³/mol. The molecule has 0 saturated carbocycles. The molecule has 0 aliphatic carbocycles. The lowest BCUT2D eigenvalue weighted by Crippen LogP contribution is -2.58. The molecule has 1 unspecified atom stereocenters. The van der Waals surface area contributed by atoms with Crippen LogP contribution in [0.3, 0.4) is 0 Å². The van der Waals surface area contributed by atoms with Gasteiger partial charge in [0.1, 0.15) is 5.82 Å². The van der Waals surface area contributed by atoms with Gasteiger partial charge in [-0.2, -0.15) is 0 Å². The molecule has 3 heteroatoms. The van der Waals surface area contributed by atoms with Crippen LogP contribution in [0.1, 0.15) is 35.4 Å². The normalized spacial score (nSPS) is 24.5. The van der Waals surface area contributed by atoms with Crippen molar-refractivity contribution in [1.82, 2.24) is 4.90 Å². The molecule has 2 bridgehead atoms. The smallest absolute Gasteiger partial charge is 0.123 e. The van der Waals surface area contributed by atoms with Gasteiger partial charge in [0.15, 0.2) is 0 Å². The van der Waals surface area contributed by atoms with E-state index in [0.29, 0.717) is 12.5 Å². The molecule has 152 valence electrons. The second kappa shape index (κ2) is 8.53. The molecule has 3 aromatic carbocycles. The largest absolute Gasteiger partial charge is 0.294 e. The Morgan fingerprint density at radius 3 is 1.93 bits per heavy atom. The van der Waals surface area contributed by atoms with Gasteiger partial charge < -0.3 is 0 Å². The monoisotopic (exact) mass is 398 g/mol. The van der Waals surface area contributed by atoms with Gasteiger partial charge in [0.05, 0.1) is 12.6 Å². The first-order valence-electron chi connectivity index (χ1n) is 10.9. The minimum Gasteiger partial charge on any atom is -0.294 e. The van der Waals surface area contributed by atoms with Gasteiger partial charge in [0, 0.05) is 17.5 Å². The van der Waals surface area contributed by atoms with Crippen molar-refractivity contribution >= 4 is 5.71 Å². The van der Waals surface area contributed by atoms with Crippen LogP contribution in [0.25, 0.3) is 0 Å². The summed E-state index contributed by atoms with van der Waals surface area (Å²) in [4.78, 5) is 7.80. The maximum Gasteiger partial charge on any atom is 0.123 e. The van der Waals surface area contributed by atoms with Gasteiger partial charge in [-0.05, 0) is 54.8 Å². The highest BCUT2D eigenvalue weighted by Crippen LogP contribution is 2.40. The van der Waals surface area contributed by atoms with Crippen molar-refractivity contribution < 1.29 is 4.39 Å². The molecule has 0 N–H and O–H groups in total. The quantitative estimate of drug-likeness (QED) is 0.539. The van der Waals surface area contributed by atoms with Crippen LogP contribution in [0.15, 0.2) is 89.9 Å². The van der Waals surface area contributed by atoms with Gasteiger partial charge in [0.25, 0.3) is 0 Å². The molecular formula is C27H27FN2. The number of nitrogens with zero attached hydrogens (tertiary/aromatic N) is 2. The Hall–Kier alpha value is -2.78. The second-order valence-electron chi connectivity index (χ2n) is 8.42. The molecule has 2 nitrogen and oxygen atoms in total. The Morgan fingerprint density at radius 1 is 0.800 bits per heavy atom. The van der Waals surface area contributed by atoms with Gasteiger partial charge in [-0.15, -0.1) is 0 Å². The van der Waals surface area contributed by atoms with Crippen molar-refractivity contribution in [3.8, 4) is 0 Å². The summed E-state index contributed by atoms with van der Waals surface area (Å²) in [6.45, 7) is 2.90. The van der Waals surface area contributed by atoms with Crippen LogP contribution >= 0.6 is 0 Å². The molecule has 3 fully saturated rings. The minimum absolute atomic E-state index is 0.194. The molecule has 0 spiro atoms. The highest BCUT2D eigenvalue weighted by molar-refractivity contribution is 5.94. The van der Waals surface area contributed by atoms with Crippen LogP contribution in [0.4, 0.5) is 4.39 Å². The summed E-state index contributed by atoms with van der Waals surface area (Å²) >= 11 is 0. The van der Waals surface area contributed by atoms with Gasteiger partial charge >= 0.3 is 0 Å². The first kappa shape index (κ1) is 19.2. The SMILES string of the molecule is Fc1ccc(C/N=C2\C3CCN(CC3)C2C(c2ccccc2)c2ccccc2)cc1. The van der Waals surface area contributed by atoms with Gasteiger partial charge in [-0.3, -0.25) is 9.89 Å². The van der Waals surface area contributed by atoms with Crippen LogP contribution in [0.2, 0.25) is 0 Å². The molecule has 3 aliphatic rings. The van der Waals surface area contributed by atoms with E-state index < -0.39 is 0 Å². The molecule has 3 aromatic rings. The van der Waals surface area contributed by atoms with Crippen molar-refractivity contribution in [2.24, 2.45) is 10.9 Å². The maximum absolute atomic E-state index is 13.3. The number of fused-ring (bicyclic) bond motifs is 3. The lowest BCUT2D eigenvalue weighted by Gasteiger charge is -2.49. The van der Waals surface area contributed by atoms with E-state index in [2.05, 4.69) is 65.6 Å². The molecule has 3 saturated heterocycles. The van der Waals surface area contributed by atoms with E-state index in [4.69, 9.17) is 4.99 Å². The Morgan fingerprint density at radius 2 is 1.37 bits per heavy atom. The first-order valence-corrected chi connectivity index (χ1v) is 10.9. The van der Waals surface area contributed by atoms with Gasteiger partial charge in [0.2, 0.25) is 0 Å². The Bertz CT molecular complexity index is 951. The predicted octanol–water partition coefficient (Wildman–Crippen LogP) is 5.69. The van der Waals surface area contributed by atoms with Crippen molar-refractivity contribution in [1.29, 1.82) is 0 Å². The molecule has 3 aliphatic heterocycles. The third kappa shape index (κ3) is 3.82. The molecule has 1 atom stereocenters. The minimum atomic E-state index is -0.194. The third-order valence-electron chi connectivity index (χ3n) is 6.63. The Kier molecular flexibility index (Phi) is 5.46. The summed E-state index contributed by atoms with van der Waals surface area (Å²) in [7, 11) is 0. The number of piperidine rings is 3. The van der Waals surface area contributed by atoms with E-state index in [1.165, 1.54) is 41.8 Å².